The molecule has 0 saturated carbocycles. The number of likely N-dealkylation sites (tertiary alicyclic amines) is 1. The molecule has 24 heavy (non-hydrogen) atoms. The van der Waals surface area contributed by atoms with Gasteiger partial charge in [0.1, 0.15) is 0 Å². The third-order valence-corrected chi connectivity index (χ3v) is 6.01. The summed E-state index contributed by atoms with van der Waals surface area (Å²) in [6.07, 6.45) is 5.05. The van der Waals surface area contributed by atoms with E-state index in [0.717, 1.165) is 25.9 Å². The Morgan fingerprint density at radius 2 is 1.96 bits per heavy atom. The lowest BCUT2D eigenvalue weighted by atomic mass is 9.93. The van der Waals surface area contributed by atoms with E-state index in [1.165, 1.54) is 21.3 Å². The third-order valence-electron chi connectivity index (χ3n) is 5.03. The fraction of sp³-hybridized carbons (Fsp3) is 0.350. The van der Waals surface area contributed by atoms with Crippen LogP contribution in [0.25, 0.3) is 10.9 Å². The minimum Gasteiger partial charge on any atom is -0.350 e. The van der Waals surface area contributed by atoms with Gasteiger partial charge in [-0.3, -0.25) is 4.79 Å². The predicted octanol–water partition coefficient (Wildman–Crippen LogP) is 4.38. The van der Waals surface area contributed by atoms with Gasteiger partial charge in [0.15, 0.2) is 0 Å². The first-order chi connectivity index (χ1) is 11.7. The number of fused-ring (bicyclic) bond motifs is 1. The Kier molecular flexibility index (Phi) is 4.15. The normalized spacial score (nSPS) is 16.0. The van der Waals surface area contributed by atoms with Crippen LogP contribution in [0.2, 0.25) is 0 Å². The topological polar surface area (TPSA) is 25.2 Å². The van der Waals surface area contributed by atoms with E-state index < -0.39 is 0 Å². The highest BCUT2D eigenvalue weighted by atomic mass is 32.1. The molecular formula is C20H22N2OS. The molecule has 3 heterocycles. The van der Waals surface area contributed by atoms with E-state index in [1.807, 2.05) is 4.90 Å². The number of amides is 1. The highest BCUT2D eigenvalue weighted by molar-refractivity contribution is 7.10. The lowest BCUT2D eigenvalue weighted by Gasteiger charge is -2.20. The fourth-order valence-electron chi connectivity index (χ4n) is 3.77. The van der Waals surface area contributed by atoms with Crippen LogP contribution in [-0.2, 0) is 11.8 Å². The molecule has 1 saturated heterocycles. The standard InChI is InChI=1S/C20H22N2OS/c1-21-14-17(15-7-2-3-8-18(15)21)16(19-9-6-12-24-19)13-20(23)22-10-4-5-11-22/h2-3,6-9,12,14,16H,4-5,10-11,13H2,1H3. The van der Waals surface area contributed by atoms with Gasteiger partial charge in [0.25, 0.3) is 0 Å². The average molecular weight is 338 g/mol. The van der Waals surface area contributed by atoms with E-state index in [4.69, 9.17) is 0 Å². The molecule has 1 fully saturated rings. The predicted molar refractivity (Wildman–Crippen MR) is 99.5 cm³/mol. The molecule has 3 nitrogen and oxygen atoms in total. The minimum absolute atomic E-state index is 0.143. The Balaban J connectivity index is 1.73. The number of aromatic nitrogens is 1. The number of carbonyl (C=O) groups excluding carboxylic acids is 1. The minimum atomic E-state index is 0.143. The Morgan fingerprint density at radius 3 is 2.71 bits per heavy atom. The summed E-state index contributed by atoms with van der Waals surface area (Å²) in [4.78, 5) is 16.1. The first-order valence-electron chi connectivity index (χ1n) is 8.59. The average Bonchev–Trinajstić information content (AvgIpc) is 3.35. The maximum Gasteiger partial charge on any atom is 0.223 e. The van der Waals surface area contributed by atoms with Gasteiger partial charge in [-0.05, 0) is 35.9 Å². The van der Waals surface area contributed by atoms with Crippen molar-refractivity contribution in [3.8, 4) is 0 Å². The number of carbonyl (C=O) groups is 1. The summed E-state index contributed by atoms with van der Waals surface area (Å²) < 4.78 is 2.17. The summed E-state index contributed by atoms with van der Waals surface area (Å²) in [6, 6.07) is 12.7. The molecule has 1 unspecified atom stereocenters. The van der Waals surface area contributed by atoms with Crippen LogP contribution in [0.15, 0.2) is 48.0 Å². The molecule has 0 bridgehead atoms. The van der Waals surface area contributed by atoms with Crippen LogP contribution in [-0.4, -0.2) is 28.5 Å². The van der Waals surface area contributed by atoms with Gasteiger partial charge in [0, 0.05) is 54.5 Å². The summed E-state index contributed by atoms with van der Waals surface area (Å²) in [7, 11) is 2.08. The van der Waals surface area contributed by atoms with Crippen LogP contribution in [0.4, 0.5) is 0 Å². The third kappa shape index (κ3) is 2.75. The van der Waals surface area contributed by atoms with E-state index >= 15 is 0 Å². The van der Waals surface area contributed by atoms with Crippen LogP contribution in [0.5, 0.6) is 0 Å². The maximum absolute atomic E-state index is 12.8. The van der Waals surface area contributed by atoms with Gasteiger partial charge in [-0.15, -0.1) is 11.3 Å². The Labute approximate surface area is 146 Å². The zero-order valence-electron chi connectivity index (χ0n) is 13.9. The van der Waals surface area contributed by atoms with Crippen LogP contribution < -0.4 is 0 Å². The van der Waals surface area contributed by atoms with E-state index in [9.17, 15) is 4.79 Å². The van der Waals surface area contributed by atoms with E-state index in [0.29, 0.717) is 12.3 Å². The molecule has 4 heteroatoms. The molecule has 0 radical (unpaired) electrons. The van der Waals surface area contributed by atoms with Crippen molar-refractivity contribution in [2.45, 2.75) is 25.2 Å². The molecule has 1 aliphatic heterocycles. The number of aryl methyl sites for hydroxylation is 1. The van der Waals surface area contributed by atoms with Crippen molar-refractivity contribution in [2.24, 2.45) is 7.05 Å². The molecule has 0 spiro atoms. The van der Waals surface area contributed by atoms with Gasteiger partial charge in [-0.1, -0.05) is 24.3 Å². The zero-order chi connectivity index (χ0) is 16.5. The van der Waals surface area contributed by atoms with Crippen molar-refractivity contribution in [3.63, 3.8) is 0 Å². The molecule has 124 valence electrons. The van der Waals surface area contributed by atoms with Gasteiger partial charge in [0.05, 0.1) is 0 Å². The molecule has 1 amide bonds. The molecule has 4 rings (SSSR count). The summed E-state index contributed by atoms with van der Waals surface area (Å²) in [5.41, 5.74) is 2.49. The second-order valence-electron chi connectivity index (χ2n) is 6.57. The molecule has 2 aromatic heterocycles. The van der Waals surface area contributed by atoms with Crippen LogP contribution in [0.3, 0.4) is 0 Å². The number of hydrogen-bond acceptors (Lipinski definition) is 2. The smallest absolute Gasteiger partial charge is 0.223 e. The Hall–Kier alpha value is -2.07. The number of para-hydroxylation sites is 1. The van der Waals surface area contributed by atoms with Crippen molar-refractivity contribution in [2.75, 3.05) is 13.1 Å². The van der Waals surface area contributed by atoms with Gasteiger partial charge < -0.3 is 9.47 Å². The molecule has 0 N–H and O–H groups in total. The number of rotatable bonds is 4. The van der Waals surface area contributed by atoms with Crippen LogP contribution >= 0.6 is 11.3 Å². The molecule has 1 aliphatic rings. The number of nitrogens with zero attached hydrogens (tertiary/aromatic N) is 2. The van der Waals surface area contributed by atoms with Crippen molar-refractivity contribution in [3.05, 3.63) is 58.4 Å². The lowest BCUT2D eigenvalue weighted by molar-refractivity contribution is -0.130. The van der Waals surface area contributed by atoms with E-state index in [-0.39, 0.29) is 5.92 Å². The summed E-state index contributed by atoms with van der Waals surface area (Å²) in [5.74, 6) is 0.433. The number of benzene rings is 1. The molecule has 1 atom stereocenters. The van der Waals surface area contributed by atoms with Crippen molar-refractivity contribution >= 4 is 28.1 Å². The largest absolute Gasteiger partial charge is 0.350 e. The molecular weight excluding hydrogens is 316 g/mol. The lowest BCUT2D eigenvalue weighted by Crippen LogP contribution is -2.29. The highest BCUT2D eigenvalue weighted by Crippen LogP contribution is 2.37. The summed E-state index contributed by atoms with van der Waals surface area (Å²) in [6.45, 7) is 1.84. The van der Waals surface area contributed by atoms with Gasteiger partial charge in [0.2, 0.25) is 5.91 Å². The first-order valence-corrected chi connectivity index (χ1v) is 9.47. The second-order valence-corrected chi connectivity index (χ2v) is 7.55. The molecule has 3 aromatic rings. The number of hydrogen-bond donors (Lipinski definition) is 0. The number of thiophene rings is 1. The Morgan fingerprint density at radius 1 is 1.17 bits per heavy atom. The fourth-order valence-corrected chi connectivity index (χ4v) is 4.62. The SMILES string of the molecule is Cn1cc(C(CC(=O)N2CCCC2)c2cccs2)c2ccccc21. The van der Waals surface area contributed by atoms with E-state index in [2.05, 4.69) is 59.6 Å². The van der Waals surface area contributed by atoms with Crippen molar-refractivity contribution in [1.82, 2.24) is 9.47 Å². The van der Waals surface area contributed by atoms with Crippen molar-refractivity contribution in [1.29, 1.82) is 0 Å². The van der Waals surface area contributed by atoms with Gasteiger partial charge >= 0.3 is 0 Å². The van der Waals surface area contributed by atoms with Crippen molar-refractivity contribution < 1.29 is 4.79 Å². The maximum atomic E-state index is 12.8. The zero-order valence-corrected chi connectivity index (χ0v) is 14.8. The quantitative estimate of drug-likeness (QED) is 0.693. The van der Waals surface area contributed by atoms with Crippen LogP contribution in [0, 0.1) is 0 Å². The highest BCUT2D eigenvalue weighted by Gasteiger charge is 2.26. The van der Waals surface area contributed by atoms with Crippen LogP contribution in [0.1, 0.15) is 35.6 Å². The summed E-state index contributed by atoms with van der Waals surface area (Å²) in [5, 5.41) is 3.36. The second kappa shape index (κ2) is 6.44. The Bertz CT molecular complexity index is 844. The molecule has 1 aromatic carbocycles. The monoisotopic (exact) mass is 338 g/mol. The first kappa shape index (κ1) is 15.5. The summed E-state index contributed by atoms with van der Waals surface area (Å²) >= 11 is 1.75. The molecule has 0 aliphatic carbocycles. The van der Waals surface area contributed by atoms with Gasteiger partial charge in [-0.25, -0.2) is 0 Å². The van der Waals surface area contributed by atoms with E-state index in [1.54, 1.807) is 11.3 Å². The van der Waals surface area contributed by atoms with Gasteiger partial charge in [-0.2, -0.15) is 0 Å².